The number of rotatable bonds is 4. The molecule has 0 spiro atoms. The van der Waals surface area contributed by atoms with E-state index in [1.807, 2.05) is 0 Å². The minimum absolute atomic E-state index is 0.178. The third-order valence-corrected chi connectivity index (χ3v) is 3.91. The van der Waals surface area contributed by atoms with Gasteiger partial charge in [0, 0.05) is 6.42 Å². The van der Waals surface area contributed by atoms with Crippen LogP contribution >= 0.6 is 0 Å². The van der Waals surface area contributed by atoms with E-state index in [0.29, 0.717) is 11.2 Å². The van der Waals surface area contributed by atoms with E-state index in [9.17, 15) is 15.3 Å². The summed E-state index contributed by atoms with van der Waals surface area (Å²) in [7, 11) is 0. The smallest absolute Gasteiger partial charge is 0.180 e. The van der Waals surface area contributed by atoms with Crippen molar-refractivity contribution < 1.29 is 20.1 Å². The highest BCUT2D eigenvalue weighted by atomic mass is 16.6. The van der Waals surface area contributed by atoms with Gasteiger partial charge in [-0.05, 0) is 0 Å². The number of aliphatic hydroxyl groups excluding tert-OH is 3. The molecule has 1 saturated heterocycles. The van der Waals surface area contributed by atoms with Crippen LogP contribution in [0.1, 0.15) is 6.42 Å². The first kappa shape index (κ1) is 14.9. The molecule has 1 fully saturated rings. The number of hydrogen-bond donors (Lipinski definition) is 4. The summed E-state index contributed by atoms with van der Waals surface area (Å²) in [6.07, 6.45) is 0.945. The number of imidazole rings is 1. The van der Waals surface area contributed by atoms with Crippen molar-refractivity contribution in [2.24, 2.45) is 0 Å². The van der Waals surface area contributed by atoms with Crippen LogP contribution in [0.3, 0.4) is 0 Å². The number of nitrogens with zero attached hydrogens (tertiary/aromatic N) is 4. The topological polar surface area (TPSA) is 140 Å². The molecule has 4 atom stereocenters. The second kappa shape index (κ2) is 5.29. The molecule has 5 N–H and O–H groups in total. The highest BCUT2D eigenvalue weighted by molar-refractivity contribution is 5.81. The number of nitrogens with two attached hydrogens (primary N) is 1. The van der Waals surface area contributed by atoms with Gasteiger partial charge >= 0.3 is 0 Å². The lowest BCUT2D eigenvalue weighted by atomic mass is 9.99. The third kappa shape index (κ3) is 1.91. The zero-order chi connectivity index (χ0) is 15.9. The van der Waals surface area contributed by atoms with Crippen LogP contribution in [-0.2, 0) is 10.5 Å². The van der Waals surface area contributed by atoms with Crippen LogP contribution in [-0.4, -0.2) is 59.8 Å². The minimum atomic E-state index is -1.37. The van der Waals surface area contributed by atoms with Crippen LogP contribution in [0.5, 0.6) is 0 Å². The summed E-state index contributed by atoms with van der Waals surface area (Å²) >= 11 is 0. The molecule has 1 aliphatic heterocycles. The first-order chi connectivity index (χ1) is 10.5. The molecule has 0 saturated carbocycles. The maximum absolute atomic E-state index is 10.5. The average Bonchev–Trinajstić information content (AvgIpc) is 3.04. The zero-order valence-corrected chi connectivity index (χ0v) is 11.7. The molecule has 2 aromatic heterocycles. The SMILES string of the molecule is C=CC[C@@]1(n2cnc3c(N)ncnc32)O[C@H](CO)[C@@H](O)[C@H]1O. The Bertz CT molecular complexity index is 705. The molecule has 0 aromatic carbocycles. The predicted octanol–water partition coefficient (Wildman–Crippen LogP) is -1.25. The Morgan fingerprint density at radius 3 is 2.82 bits per heavy atom. The second-order valence-electron chi connectivity index (χ2n) is 5.16. The average molecular weight is 307 g/mol. The van der Waals surface area contributed by atoms with E-state index in [2.05, 4.69) is 21.5 Å². The maximum atomic E-state index is 10.5. The molecular formula is C13H17N5O4. The van der Waals surface area contributed by atoms with Crippen molar-refractivity contribution in [3.63, 3.8) is 0 Å². The normalized spacial score (nSPS) is 31.7. The monoisotopic (exact) mass is 307 g/mol. The standard InChI is InChI=1S/C13H17N5O4/c1-2-3-13(10(21)9(20)7(4-19)22-13)18-6-17-8-11(14)15-5-16-12(8)18/h2,5-7,9-10,19-21H,1,3-4H2,(H2,14,15,16)/t7-,9-,10-,13-/m1/s1. The van der Waals surface area contributed by atoms with Crippen LogP contribution in [0.2, 0.25) is 0 Å². The van der Waals surface area contributed by atoms with Gasteiger partial charge < -0.3 is 25.8 Å². The van der Waals surface area contributed by atoms with E-state index in [0.717, 1.165) is 0 Å². The molecule has 0 aliphatic carbocycles. The van der Waals surface area contributed by atoms with Crippen molar-refractivity contribution in [1.82, 2.24) is 19.5 Å². The van der Waals surface area contributed by atoms with Crippen LogP contribution in [0.15, 0.2) is 25.3 Å². The largest absolute Gasteiger partial charge is 0.394 e. The Morgan fingerprint density at radius 2 is 2.18 bits per heavy atom. The molecule has 3 rings (SSSR count). The first-order valence-corrected chi connectivity index (χ1v) is 6.75. The van der Waals surface area contributed by atoms with E-state index >= 15 is 0 Å². The van der Waals surface area contributed by atoms with Crippen LogP contribution < -0.4 is 5.73 Å². The fraction of sp³-hybridized carbons (Fsp3) is 0.462. The summed E-state index contributed by atoms with van der Waals surface area (Å²) in [5.74, 6) is 0.198. The van der Waals surface area contributed by atoms with Crippen molar-refractivity contribution in [2.75, 3.05) is 12.3 Å². The number of anilines is 1. The Morgan fingerprint density at radius 1 is 1.41 bits per heavy atom. The van der Waals surface area contributed by atoms with Gasteiger partial charge in [-0.3, -0.25) is 4.57 Å². The van der Waals surface area contributed by atoms with Crippen LogP contribution in [0.4, 0.5) is 5.82 Å². The van der Waals surface area contributed by atoms with Gasteiger partial charge in [0.05, 0.1) is 12.9 Å². The highest BCUT2D eigenvalue weighted by Gasteiger charge is 2.55. The van der Waals surface area contributed by atoms with E-state index in [-0.39, 0.29) is 12.2 Å². The first-order valence-electron chi connectivity index (χ1n) is 6.75. The number of nitrogen functional groups attached to an aromatic ring is 1. The Labute approximate surface area is 125 Å². The highest BCUT2D eigenvalue weighted by Crippen LogP contribution is 2.40. The van der Waals surface area contributed by atoms with E-state index in [1.165, 1.54) is 17.2 Å². The Hall–Kier alpha value is -2.07. The third-order valence-electron chi connectivity index (χ3n) is 3.91. The quantitative estimate of drug-likeness (QED) is 0.514. The maximum Gasteiger partial charge on any atom is 0.180 e. The summed E-state index contributed by atoms with van der Waals surface area (Å²) in [6.45, 7) is 3.23. The predicted molar refractivity (Wildman–Crippen MR) is 76.5 cm³/mol. The van der Waals surface area contributed by atoms with Gasteiger partial charge in [0.15, 0.2) is 17.2 Å². The molecule has 9 heteroatoms. The molecular weight excluding hydrogens is 290 g/mol. The second-order valence-corrected chi connectivity index (χ2v) is 5.16. The number of ether oxygens (including phenoxy) is 1. The van der Waals surface area contributed by atoms with E-state index in [4.69, 9.17) is 10.5 Å². The number of aliphatic hydroxyl groups is 3. The van der Waals surface area contributed by atoms with E-state index < -0.39 is 30.6 Å². The fourth-order valence-electron chi connectivity index (χ4n) is 2.82. The molecule has 0 unspecified atom stereocenters. The number of hydrogen-bond acceptors (Lipinski definition) is 8. The van der Waals surface area contributed by atoms with Crippen molar-refractivity contribution >= 4 is 17.0 Å². The van der Waals surface area contributed by atoms with Gasteiger partial charge in [-0.1, -0.05) is 6.08 Å². The van der Waals surface area contributed by atoms with Crippen molar-refractivity contribution in [2.45, 2.75) is 30.5 Å². The lowest BCUT2D eigenvalue weighted by Gasteiger charge is -2.32. The van der Waals surface area contributed by atoms with Gasteiger partial charge in [0.2, 0.25) is 0 Å². The Balaban J connectivity index is 2.19. The van der Waals surface area contributed by atoms with Crippen LogP contribution in [0, 0.1) is 0 Å². The summed E-state index contributed by atoms with van der Waals surface area (Å²) in [4.78, 5) is 12.1. The molecule has 118 valence electrons. The molecule has 0 radical (unpaired) electrons. The molecule has 3 heterocycles. The van der Waals surface area contributed by atoms with Crippen molar-refractivity contribution in [3.05, 3.63) is 25.3 Å². The van der Waals surface area contributed by atoms with Gasteiger partial charge in [-0.2, -0.15) is 0 Å². The lowest BCUT2D eigenvalue weighted by molar-refractivity contribution is -0.143. The van der Waals surface area contributed by atoms with Gasteiger partial charge in [-0.25, -0.2) is 15.0 Å². The summed E-state index contributed by atoms with van der Waals surface area (Å²) in [5, 5.41) is 29.9. The van der Waals surface area contributed by atoms with Gasteiger partial charge in [-0.15, -0.1) is 6.58 Å². The summed E-state index contributed by atoms with van der Waals surface area (Å²) in [5.41, 5.74) is 5.11. The summed E-state index contributed by atoms with van der Waals surface area (Å²) in [6, 6.07) is 0. The fourth-order valence-corrected chi connectivity index (χ4v) is 2.82. The Kier molecular flexibility index (Phi) is 3.57. The molecule has 9 nitrogen and oxygen atoms in total. The molecule has 0 amide bonds. The summed E-state index contributed by atoms with van der Waals surface area (Å²) < 4.78 is 7.25. The van der Waals surface area contributed by atoms with Crippen molar-refractivity contribution in [1.29, 1.82) is 0 Å². The van der Waals surface area contributed by atoms with Gasteiger partial charge in [0.25, 0.3) is 0 Å². The minimum Gasteiger partial charge on any atom is -0.394 e. The molecule has 22 heavy (non-hydrogen) atoms. The molecule has 2 aromatic rings. The van der Waals surface area contributed by atoms with Gasteiger partial charge in [0.1, 0.15) is 30.2 Å². The molecule has 1 aliphatic rings. The molecule has 0 bridgehead atoms. The van der Waals surface area contributed by atoms with Crippen molar-refractivity contribution in [3.8, 4) is 0 Å². The number of aromatic nitrogens is 4. The van der Waals surface area contributed by atoms with Crippen LogP contribution in [0.25, 0.3) is 11.2 Å². The number of fused-ring (bicyclic) bond motifs is 1. The van der Waals surface area contributed by atoms with E-state index in [1.54, 1.807) is 6.08 Å². The zero-order valence-electron chi connectivity index (χ0n) is 11.7. The lowest BCUT2D eigenvalue weighted by Crippen LogP contribution is -2.45.